The molecule has 1 heteroatoms. The topological polar surface area (TPSA) is 0 Å². The predicted molar refractivity (Wildman–Crippen MR) is 57.2 cm³/mol. The van der Waals surface area contributed by atoms with Gasteiger partial charge in [-0.25, -0.2) is 0 Å². The molecule has 76 valence electrons. The lowest BCUT2D eigenvalue weighted by Gasteiger charge is -2.35. The van der Waals surface area contributed by atoms with Crippen LogP contribution < -0.4 is 0 Å². The van der Waals surface area contributed by atoms with Gasteiger partial charge in [-0.2, -0.15) is 0 Å². The van der Waals surface area contributed by atoms with Crippen LogP contribution in [0.3, 0.4) is 0 Å². The summed E-state index contributed by atoms with van der Waals surface area (Å²) >= 11 is 0. The van der Waals surface area contributed by atoms with Crippen LogP contribution in [0.15, 0.2) is 30.3 Å². The maximum absolute atomic E-state index is 13.2. The Hall–Kier alpha value is -0.850. The second-order valence-electron chi connectivity index (χ2n) is 4.34. The highest BCUT2D eigenvalue weighted by Gasteiger charge is 2.33. The van der Waals surface area contributed by atoms with E-state index in [1.807, 2.05) is 18.2 Å². The number of alkyl halides is 1. The summed E-state index contributed by atoms with van der Waals surface area (Å²) in [6, 6.07) is 10.2. The number of halogens is 1. The number of hydrogen-bond acceptors (Lipinski definition) is 0. The quantitative estimate of drug-likeness (QED) is 0.667. The van der Waals surface area contributed by atoms with Gasteiger partial charge in [-0.15, -0.1) is 0 Å². The summed E-state index contributed by atoms with van der Waals surface area (Å²) in [5.74, 6) is 0. The minimum absolute atomic E-state index is 0.153. The highest BCUT2D eigenvalue weighted by atomic mass is 19.1. The van der Waals surface area contributed by atoms with Gasteiger partial charge < -0.3 is 0 Å². The summed E-state index contributed by atoms with van der Waals surface area (Å²) in [4.78, 5) is 0. The van der Waals surface area contributed by atoms with E-state index >= 15 is 0 Å². The molecular weight excluding hydrogens is 175 g/mol. The van der Waals surface area contributed by atoms with Crippen molar-refractivity contribution in [2.75, 3.05) is 6.67 Å². The molecule has 0 unspecified atom stereocenters. The molecule has 0 heterocycles. The summed E-state index contributed by atoms with van der Waals surface area (Å²) in [7, 11) is 0. The van der Waals surface area contributed by atoms with E-state index in [2.05, 4.69) is 12.1 Å². The minimum atomic E-state index is -0.197. The van der Waals surface area contributed by atoms with E-state index in [1.165, 1.54) is 24.8 Å². The van der Waals surface area contributed by atoms with Crippen LogP contribution in [-0.2, 0) is 5.41 Å². The van der Waals surface area contributed by atoms with Gasteiger partial charge in [0.25, 0.3) is 0 Å². The summed E-state index contributed by atoms with van der Waals surface area (Å²) in [5.41, 5.74) is 1.04. The maximum atomic E-state index is 13.2. The molecule has 1 aromatic rings. The smallest absolute Gasteiger partial charge is 0.0990 e. The SMILES string of the molecule is FCC1(c2ccccc2)CCCCC1. The Balaban J connectivity index is 2.27. The molecule has 0 nitrogen and oxygen atoms in total. The Morgan fingerprint density at radius 3 is 2.21 bits per heavy atom. The standard InChI is InChI=1S/C13H17F/c14-11-13(9-5-2-6-10-13)12-7-3-1-4-8-12/h1,3-4,7-8H,2,5-6,9-11H2. The fourth-order valence-electron chi connectivity index (χ4n) is 2.52. The zero-order valence-corrected chi connectivity index (χ0v) is 8.51. The average molecular weight is 192 g/mol. The first-order valence-electron chi connectivity index (χ1n) is 5.49. The number of hydrogen-bond donors (Lipinski definition) is 0. The molecule has 1 saturated carbocycles. The molecule has 1 fully saturated rings. The van der Waals surface area contributed by atoms with Crippen LogP contribution in [0.25, 0.3) is 0 Å². The van der Waals surface area contributed by atoms with Crippen LogP contribution in [0.1, 0.15) is 37.7 Å². The van der Waals surface area contributed by atoms with Crippen molar-refractivity contribution in [2.24, 2.45) is 0 Å². The van der Waals surface area contributed by atoms with Crippen molar-refractivity contribution < 1.29 is 4.39 Å². The lowest BCUT2D eigenvalue weighted by molar-refractivity contribution is 0.226. The van der Waals surface area contributed by atoms with Crippen LogP contribution in [-0.4, -0.2) is 6.67 Å². The molecule has 0 atom stereocenters. The van der Waals surface area contributed by atoms with Gasteiger partial charge in [0.15, 0.2) is 0 Å². The average Bonchev–Trinajstić information content (AvgIpc) is 2.31. The van der Waals surface area contributed by atoms with E-state index in [0.717, 1.165) is 12.8 Å². The highest BCUT2D eigenvalue weighted by molar-refractivity contribution is 5.26. The van der Waals surface area contributed by atoms with Crippen LogP contribution in [0, 0.1) is 0 Å². The first-order valence-corrected chi connectivity index (χ1v) is 5.49. The van der Waals surface area contributed by atoms with Crippen molar-refractivity contribution in [1.82, 2.24) is 0 Å². The van der Waals surface area contributed by atoms with E-state index in [-0.39, 0.29) is 12.1 Å². The molecule has 0 aromatic heterocycles. The molecule has 0 N–H and O–H groups in total. The molecule has 1 aliphatic carbocycles. The molecule has 0 radical (unpaired) electrons. The molecule has 0 bridgehead atoms. The molecule has 2 rings (SSSR count). The Morgan fingerprint density at radius 2 is 1.64 bits per heavy atom. The van der Waals surface area contributed by atoms with E-state index in [0.29, 0.717) is 0 Å². The van der Waals surface area contributed by atoms with Gasteiger partial charge in [0.1, 0.15) is 0 Å². The molecule has 0 spiro atoms. The van der Waals surface area contributed by atoms with Crippen LogP contribution in [0.2, 0.25) is 0 Å². The summed E-state index contributed by atoms with van der Waals surface area (Å²) in [6.07, 6.45) is 5.67. The van der Waals surface area contributed by atoms with Crippen molar-refractivity contribution in [3.05, 3.63) is 35.9 Å². The minimum Gasteiger partial charge on any atom is -0.250 e. The van der Waals surface area contributed by atoms with Crippen molar-refractivity contribution >= 4 is 0 Å². The van der Waals surface area contributed by atoms with Gasteiger partial charge in [-0.3, -0.25) is 4.39 Å². The van der Waals surface area contributed by atoms with Crippen LogP contribution in [0.5, 0.6) is 0 Å². The Labute approximate surface area is 85.1 Å². The maximum Gasteiger partial charge on any atom is 0.0990 e. The Kier molecular flexibility index (Phi) is 2.85. The van der Waals surface area contributed by atoms with Gasteiger partial charge in [-0.05, 0) is 18.4 Å². The van der Waals surface area contributed by atoms with Gasteiger partial charge >= 0.3 is 0 Å². The highest BCUT2D eigenvalue weighted by Crippen LogP contribution is 2.39. The summed E-state index contributed by atoms with van der Waals surface area (Å²) < 4.78 is 13.2. The van der Waals surface area contributed by atoms with Gasteiger partial charge in [0.05, 0.1) is 6.67 Å². The first kappa shape index (κ1) is 9.70. The molecule has 0 amide bonds. The lowest BCUT2D eigenvalue weighted by Crippen LogP contribution is -2.31. The third-order valence-electron chi connectivity index (χ3n) is 3.45. The second-order valence-corrected chi connectivity index (χ2v) is 4.34. The largest absolute Gasteiger partial charge is 0.250 e. The van der Waals surface area contributed by atoms with Crippen molar-refractivity contribution in [1.29, 1.82) is 0 Å². The van der Waals surface area contributed by atoms with Crippen LogP contribution >= 0.6 is 0 Å². The Morgan fingerprint density at radius 1 is 1.00 bits per heavy atom. The predicted octanol–water partition coefficient (Wildman–Crippen LogP) is 3.86. The molecular formula is C13H17F. The van der Waals surface area contributed by atoms with Crippen molar-refractivity contribution in [2.45, 2.75) is 37.5 Å². The third-order valence-corrected chi connectivity index (χ3v) is 3.45. The fraction of sp³-hybridized carbons (Fsp3) is 0.538. The van der Waals surface area contributed by atoms with E-state index in [4.69, 9.17) is 0 Å². The van der Waals surface area contributed by atoms with Crippen molar-refractivity contribution in [3.63, 3.8) is 0 Å². The Bertz CT molecular complexity index is 273. The summed E-state index contributed by atoms with van der Waals surface area (Å²) in [6.45, 7) is -0.197. The zero-order valence-electron chi connectivity index (χ0n) is 8.51. The van der Waals surface area contributed by atoms with Gasteiger partial charge in [-0.1, -0.05) is 49.6 Å². The monoisotopic (exact) mass is 192 g/mol. The summed E-state index contributed by atoms with van der Waals surface area (Å²) in [5, 5.41) is 0. The van der Waals surface area contributed by atoms with E-state index < -0.39 is 0 Å². The second kappa shape index (κ2) is 4.12. The molecule has 1 aliphatic rings. The van der Waals surface area contributed by atoms with Crippen LogP contribution in [0.4, 0.5) is 4.39 Å². The lowest BCUT2D eigenvalue weighted by atomic mass is 9.70. The van der Waals surface area contributed by atoms with Crippen molar-refractivity contribution in [3.8, 4) is 0 Å². The zero-order chi connectivity index (χ0) is 9.86. The van der Waals surface area contributed by atoms with E-state index in [1.54, 1.807) is 0 Å². The molecule has 0 saturated heterocycles. The van der Waals surface area contributed by atoms with Gasteiger partial charge in [0.2, 0.25) is 0 Å². The molecule has 0 aliphatic heterocycles. The van der Waals surface area contributed by atoms with Gasteiger partial charge in [0, 0.05) is 5.41 Å². The molecule has 1 aromatic carbocycles. The number of rotatable bonds is 2. The normalized spacial score (nSPS) is 20.6. The third kappa shape index (κ3) is 1.68. The first-order chi connectivity index (χ1) is 6.87. The van der Waals surface area contributed by atoms with E-state index in [9.17, 15) is 4.39 Å². The fourth-order valence-corrected chi connectivity index (χ4v) is 2.52. The number of benzene rings is 1. The molecule has 14 heavy (non-hydrogen) atoms.